The molecule has 142 valence electrons. The summed E-state index contributed by atoms with van der Waals surface area (Å²) in [6.45, 7) is 5.65. The van der Waals surface area contributed by atoms with E-state index in [0.717, 1.165) is 36.5 Å². The van der Waals surface area contributed by atoms with Crippen molar-refractivity contribution in [2.24, 2.45) is 5.92 Å². The van der Waals surface area contributed by atoms with Gasteiger partial charge in [0, 0.05) is 30.5 Å². The normalized spacial score (nSPS) is 19.7. The quantitative estimate of drug-likeness (QED) is 0.531. The second-order valence-corrected chi connectivity index (χ2v) is 7.06. The number of likely N-dealkylation sites (tertiary alicyclic amines) is 1. The summed E-state index contributed by atoms with van der Waals surface area (Å²) in [5, 5.41) is 8.33. The van der Waals surface area contributed by atoms with Gasteiger partial charge in [-0.25, -0.2) is 0 Å². The highest BCUT2D eigenvalue weighted by Crippen LogP contribution is 2.14. The van der Waals surface area contributed by atoms with Gasteiger partial charge in [0.25, 0.3) is 5.91 Å². The standard InChI is InChI=1S/C19H28N4O3/c1-14(2)21-17(24)12-20-18(25)13-23-10-8-15(9-11-23)19(26)22-16-6-4-3-5-7-16/h3-7,14-15H,8-13H2,1-2H3,(H,20,25)(H,21,24)(H,22,26)/p+1. The summed E-state index contributed by atoms with van der Waals surface area (Å²) in [6.07, 6.45) is 1.52. The Bertz CT molecular complexity index is 610. The first-order valence-corrected chi connectivity index (χ1v) is 9.19. The third-order valence-electron chi connectivity index (χ3n) is 4.41. The van der Waals surface area contributed by atoms with Crippen LogP contribution in [0.3, 0.4) is 0 Å². The van der Waals surface area contributed by atoms with Crippen LogP contribution in [0.1, 0.15) is 26.7 Å². The number of rotatable bonds is 7. The van der Waals surface area contributed by atoms with Gasteiger partial charge in [-0.2, -0.15) is 0 Å². The summed E-state index contributed by atoms with van der Waals surface area (Å²) in [6, 6.07) is 9.50. The molecule has 26 heavy (non-hydrogen) atoms. The largest absolute Gasteiger partial charge is 0.352 e. The Morgan fingerprint density at radius 3 is 2.35 bits per heavy atom. The van der Waals surface area contributed by atoms with Crippen molar-refractivity contribution in [3.63, 3.8) is 0 Å². The average molecular weight is 361 g/mol. The van der Waals surface area contributed by atoms with E-state index in [0.29, 0.717) is 6.54 Å². The third-order valence-corrected chi connectivity index (χ3v) is 4.41. The van der Waals surface area contributed by atoms with Crippen LogP contribution in [0.15, 0.2) is 30.3 Å². The van der Waals surface area contributed by atoms with Crippen molar-refractivity contribution in [1.82, 2.24) is 10.6 Å². The second-order valence-electron chi connectivity index (χ2n) is 7.06. The van der Waals surface area contributed by atoms with Gasteiger partial charge >= 0.3 is 0 Å². The predicted octanol–water partition coefficient (Wildman–Crippen LogP) is -0.439. The Hall–Kier alpha value is -2.41. The lowest BCUT2D eigenvalue weighted by atomic mass is 9.96. The molecule has 1 aliphatic heterocycles. The van der Waals surface area contributed by atoms with Gasteiger partial charge in [-0.1, -0.05) is 18.2 Å². The molecule has 1 fully saturated rings. The fraction of sp³-hybridized carbons (Fsp3) is 0.526. The van der Waals surface area contributed by atoms with Crippen LogP contribution in [0, 0.1) is 5.92 Å². The smallest absolute Gasteiger partial charge is 0.275 e. The van der Waals surface area contributed by atoms with Crippen LogP contribution in [-0.2, 0) is 14.4 Å². The number of amides is 3. The lowest BCUT2D eigenvalue weighted by Crippen LogP contribution is -3.14. The van der Waals surface area contributed by atoms with Gasteiger partial charge in [-0.05, 0) is 26.0 Å². The Labute approximate surface area is 154 Å². The van der Waals surface area contributed by atoms with Gasteiger partial charge < -0.3 is 20.9 Å². The van der Waals surface area contributed by atoms with E-state index in [2.05, 4.69) is 16.0 Å². The molecular weight excluding hydrogens is 332 g/mol. The number of carbonyl (C=O) groups excluding carboxylic acids is 3. The summed E-state index contributed by atoms with van der Waals surface area (Å²) in [5.74, 6) is -0.283. The van der Waals surface area contributed by atoms with E-state index in [1.807, 2.05) is 44.2 Å². The fourth-order valence-corrected chi connectivity index (χ4v) is 3.07. The topological polar surface area (TPSA) is 91.7 Å². The Kier molecular flexibility index (Phi) is 7.59. The SMILES string of the molecule is CC(C)NC(=O)CNC(=O)C[NH+]1CCC(C(=O)Nc2ccccc2)CC1. The highest BCUT2D eigenvalue weighted by molar-refractivity contribution is 5.92. The van der Waals surface area contributed by atoms with Crippen LogP contribution in [0.5, 0.6) is 0 Å². The molecule has 0 radical (unpaired) electrons. The van der Waals surface area contributed by atoms with E-state index in [-0.39, 0.29) is 36.2 Å². The zero-order valence-electron chi connectivity index (χ0n) is 15.5. The van der Waals surface area contributed by atoms with E-state index < -0.39 is 0 Å². The van der Waals surface area contributed by atoms with Crippen LogP contribution < -0.4 is 20.9 Å². The highest BCUT2D eigenvalue weighted by atomic mass is 16.2. The van der Waals surface area contributed by atoms with Gasteiger partial charge in [0.15, 0.2) is 6.54 Å². The first-order valence-electron chi connectivity index (χ1n) is 9.19. The Balaban J connectivity index is 1.67. The summed E-state index contributed by atoms with van der Waals surface area (Å²) in [5.41, 5.74) is 0.811. The fourth-order valence-electron chi connectivity index (χ4n) is 3.07. The molecule has 2 rings (SSSR count). The molecule has 0 aromatic heterocycles. The molecule has 0 spiro atoms. The van der Waals surface area contributed by atoms with E-state index >= 15 is 0 Å². The summed E-state index contributed by atoms with van der Waals surface area (Å²) in [7, 11) is 0. The van der Waals surface area contributed by atoms with Crippen LogP contribution in [-0.4, -0.2) is 49.9 Å². The van der Waals surface area contributed by atoms with Crippen LogP contribution in [0.2, 0.25) is 0 Å². The summed E-state index contributed by atoms with van der Waals surface area (Å²) >= 11 is 0. The molecule has 1 heterocycles. The molecule has 0 bridgehead atoms. The first kappa shape index (κ1) is 19.9. The van der Waals surface area contributed by atoms with E-state index in [1.54, 1.807) is 0 Å². The maximum Gasteiger partial charge on any atom is 0.275 e. The van der Waals surface area contributed by atoms with Crippen molar-refractivity contribution < 1.29 is 19.3 Å². The predicted molar refractivity (Wildman–Crippen MR) is 99.6 cm³/mol. The van der Waals surface area contributed by atoms with E-state index in [9.17, 15) is 14.4 Å². The van der Waals surface area contributed by atoms with E-state index in [4.69, 9.17) is 0 Å². The van der Waals surface area contributed by atoms with Crippen molar-refractivity contribution in [3.05, 3.63) is 30.3 Å². The maximum atomic E-state index is 12.3. The molecular formula is C19H29N4O3+. The molecule has 3 amide bonds. The Morgan fingerprint density at radius 2 is 1.73 bits per heavy atom. The molecule has 0 atom stereocenters. The summed E-state index contributed by atoms with van der Waals surface area (Å²) < 4.78 is 0. The number of nitrogens with one attached hydrogen (secondary N) is 4. The van der Waals surface area contributed by atoms with Gasteiger partial charge in [-0.15, -0.1) is 0 Å². The van der Waals surface area contributed by atoms with Crippen LogP contribution >= 0.6 is 0 Å². The monoisotopic (exact) mass is 361 g/mol. The molecule has 1 saturated heterocycles. The number of para-hydroxylation sites is 1. The first-order chi connectivity index (χ1) is 12.4. The zero-order valence-corrected chi connectivity index (χ0v) is 15.5. The molecule has 7 heteroatoms. The molecule has 0 unspecified atom stereocenters. The number of quaternary nitrogens is 1. The molecule has 7 nitrogen and oxygen atoms in total. The minimum absolute atomic E-state index is 0.00635. The lowest BCUT2D eigenvalue weighted by Gasteiger charge is -2.28. The number of benzene rings is 1. The van der Waals surface area contributed by atoms with E-state index in [1.165, 1.54) is 0 Å². The number of hydrogen-bond acceptors (Lipinski definition) is 3. The van der Waals surface area contributed by atoms with Gasteiger partial charge in [0.2, 0.25) is 11.8 Å². The minimum atomic E-state index is -0.181. The van der Waals surface area contributed by atoms with Gasteiger partial charge in [-0.3, -0.25) is 14.4 Å². The maximum absolute atomic E-state index is 12.3. The number of hydrogen-bond donors (Lipinski definition) is 4. The number of anilines is 1. The molecule has 0 saturated carbocycles. The van der Waals surface area contributed by atoms with Gasteiger partial charge in [0.05, 0.1) is 19.6 Å². The third kappa shape index (κ3) is 6.84. The highest BCUT2D eigenvalue weighted by Gasteiger charge is 2.28. The van der Waals surface area contributed by atoms with Crippen LogP contribution in [0.25, 0.3) is 0 Å². The Morgan fingerprint density at radius 1 is 1.08 bits per heavy atom. The van der Waals surface area contributed by atoms with Crippen molar-refractivity contribution in [2.45, 2.75) is 32.7 Å². The molecule has 1 aliphatic rings. The minimum Gasteiger partial charge on any atom is -0.352 e. The summed E-state index contributed by atoms with van der Waals surface area (Å²) in [4.78, 5) is 37.0. The zero-order chi connectivity index (χ0) is 18.9. The number of piperidine rings is 1. The van der Waals surface area contributed by atoms with Crippen molar-refractivity contribution in [3.8, 4) is 0 Å². The van der Waals surface area contributed by atoms with Crippen molar-refractivity contribution in [1.29, 1.82) is 0 Å². The molecule has 4 N–H and O–H groups in total. The second kappa shape index (κ2) is 9.91. The average Bonchev–Trinajstić information content (AvgIpc) is 2.61. The van der Waals surface area contributed by atoms with Crippen LogP contribution in [0.4, 0.5) is 5.69 Å². The lowest BCUT2D eigenvalue weighted by molar-refractivity contribution is -0.897. The number of carbonyl (C=O) groups is 3. The molecule has 0 aliphatic carbocycles. The molecule has 1 aromatic carbocycles. The molecule has 1 aromatic rings. The van der Waals surface area contributed by atoms with Crippen molar-refractivity contribution >= 4 is 23.4 Å². The van der Waals surface area contributed by atoms with Crippen molar-refractivity contribution in [2.75, 3.05) is 31.5 Å². The van der Waals surface area contributed by atoms with Gasteiger partial charge in [0.1, 0.15) is 0 Å².